The number of aryl methyl sites for hydroxylation is 1. The number of hydrogen-bond acceptors (Lipinski definition) is 4. The summed E-state index contributed by atoms with van der Waals surface area (Å²) in [6.45, 7) is 2.29. The van der Waals surface area contributed by atoms with Crippen molar-refractivity contribution in [3.63, 3.8) is 0 Å². The van der Waals surface area contributed by atoms with Crippen molar-refractivity contribution < 1.29 is 23.6 Å². The Bertz CT molecular complexity index is 472. The Balaban J connectivity index is 3.47. The molecule has 0 bridgehead atoms. The number of nitro groups is 1. The van der Waals surface area contributed by atoms with Crippen LogP contribution >= 0.6 is 0 Å². The summed E-state index contributed by atoms with van der Waals surface area (Å²) in [5.41, 5.74) is -2.06. The number of halogens is 2. The van der Waals surface area contributed by atoms with Crippen LogP contribution in [0.2, 0.25) is 0 Å². The second kappa shape index (κ2) is 4.44. The highest BCUT2D eigenvalue weighted by atomic mass is 19.3. The molecular formula is C8H9F2N3O4. The normalized spacial score (nSPS) is 12.8. The van der Waals surface area contributed by atoms with E-state index in [4.69, 9.17) is 5.11 Å². The van der Waals surface area contributed by atoms with Gasteiger partial charge < -0.3 is 5.11 Å². The first-order valence-electron chi connectivity index (χ1n) is 4.51. The third kappa shape index (κ3) is 2.22. The lowest BCUT2D eigenvalue weighted by Crippen LogP contribution is -2.19. The van der Waals surface area contributed by atoms with Gasteiger partial charge in [0.25, 0.3) is 6.43 Å². The molecule has 1 aromatic heterocycles. The Morgan fingerprint density at radius 3 is 2.47 bits per heavy atom. The van der Waals surface area contributed by atoms with Gasteiger partial charge in [-0.3, -0.25) is 10.1 Å². The lowest BCUT2D eigenvalue weighted by molar-refractivity contribution is -0.387. The summed E-state index contributed by atoms with van der Waals surface area (Å²) >= 11 is 0. The van der Waals surface area contributed by atoms with Crippen molar-refractivity contribution >= 4 is 11.7 Å². The van der Waals surface area contributed by atoms with Gasteiger partial charge >= 0.3 is 11.7 Å². The summed E-state index contributed by atoms with van der Waals surface area (Å²) in [4.78, 5) is 20.3. The fourth-order valence-corrected chi connectivity index (χ4v) is 1.39. The van der Waals surface area contributed by atoms with Gasteiger partial charge in [0, 0.05) is 0 Å². The number of carbonyl (C=O) groups is 1. The quantitative estimate of drug-likeness (QED) is 0.646. The first-order chi connectivity index (χ1) is 7.77. The third-order valence-electron chi connectivity index (χ3n) is 2.20. The standard InChI is InChI=1S/C8H9F2N3O4/c1-3-5(13(16)17)6(7(9)10)12(11-3)4(2)8(14)15/h4,7H,1-2H3,(H,14,15). The highest BCUT2D eigenvalue weighted by molar-refractivity contribution is 5.71. The molecule has 0 aliphatic rings. The van der Waals surface area contributed by atoms with Gasteiger partial charge in [-0.1, -0.05) is 0 Å². The van der Waals surface area contributed by atoms with Crippen molar-refractivity contribution in [1.29, 1.82) is 0 Å². The van der Waals surface area contributed by atoms with E-state index in [1.807, 2.05) is 0 Å². The number of aromatic nitrogens is 2. The zero-order chi connectivity index (χ0) is 13.3. The molecule has 1 unspecified atom stereocenters. The number of carboxylic acid groups (broad SMARTS) is 1. The zero-order valence-electron chi connectivity index (χ0n) is 8.92. The van der Waals surface area contributed by atoms with Gasteiger partial charge in [0.15, 0.2) is 5.69 Å². The largest absolute Gasteiger partial charge is 0.480 e. The molecule has 1 N–H and O–H groups in total. The highest BCUT2D eigenvalue weighted by Gasteiger charge is 2.34. The van der Waals surface area contributed by atoms with E-state index < -0.39 is 34.7 Å². The fourth-order valence-electron chi connectivity index (χ4n) is 1.39. The number of carboxylic acids is 1. The molecule has 0 aliphatic carbocycles. The van der Waals surface area contributed by atoms with E-state index in [0.717, 1.165) is 6.92 Å². The number of nitrogens with zero attached hydrogens (tertiary/aromatic N) is 3. The molecule has 1 heterocycles. The third-order valence-corrected chi connectivity index (χ3v) is 2.20. The SMILES string of the molecule is Cc1nn(C(C)C(=O)O)c(C(F)F)c1[N+](=O)[O-]. The van der Waals surface area contributed by atoms with Crippen molar-refractivity contribution in [2.24, 2.45) is 0 Å². The van der Waals surface area contributed by atoms with E-state index in [1.54, 1.807) is 0 Å². The maximum Gasteiger partial charge on any atom is 0.328 e. The van der Waals surface area contributed by atoms with Crippen LogP contribution in [0.5, 0.6) is 0 Å². The van der Waals surface area contributed by atoms with E-state index in [2.05, 4.69) is 5.10 Å². The summed E-state index contributed by atoms with van der Waals surface area (Å²) in [7, 11) is 0. The molecule has 94 valence electrons. The predicted octanol–water partition coefficient (Wildman–Crippen LogP) is 1.68. The first-order valence-corrected chi connectivity index (χ1v) is 4.51. The van der Waals surface area contributed by atoms with E-state index in [-0.39, 0.29) is 5.69 Å². The molecule has 1 rings (SSSR count). The molecular weight excluding hydrogens is 240 g/mol. The average molecular weight is 249 g/mol. The van der Waals surface area contributed by atoms with Crippen molar-refractivity contribution in [3.8, 4) is 0 Å². The molecule has 0 fully saturated rings. The van der Waals surface area contributed by atoms with Gasteiger partial charge in [-0.25, -0.2) is 18.3 Å². The lowest BCUT2D eigenvalue weighted by atomic mass is 10.3. The summed E-state index contributed by atoms with van der Waals surface area (Å²) in [5, 5.41) is 22.8. The molecule has 9 heteroatoms. The molecule has 0 amide bonds. The molecule has 0 aliphatic heterocycles. The van der Waals surface area contributed by atoms with Gasteiger partial charge in [0.05, 0.1) is 4.92 Å². The van der Waals surface area contributed by atoms with Gasteiger partial charge in [-0.05, 0) is 13.8 Å². The van der Waals surface area contributed by atoms with E-state index in [1.165, 1.54) is 6.92 Å². The van der Waals surface area contributed by atoms with E-state index in [9.17, 15) is 23.7 Å². The molecule has 0 saturated carbocycles. The van der Waals surface area contributed by atoms with Crippen LogP contribution in [0.3, 0.4) is 0 Å². The van der Waals surface area contributed by atoms with Crippen molar-refractivity contribution in [2.45, 2.75) is 26.3 Å². The molecule has 1 aromatic rings. The molecule has 7 nitrogen and oxygen atoms in total. The van der Waals surface area contributed by atoms with Crippen LogP contribution in [-0.2, 0) is 4.79 Å². The number of hydrogen-bond donors (Lipinski definition) is 1. The Morgan fingerprint density at radius 1 is 1.59 bits per heavy atom. The highest BCUT2D eigenvalue weighted by Crippen LogP contribution is 2.33. The molecule has 0 radical (unpaired) electrons. The Labute approximate surface area is 93.8 Å². The second-order valence-corrected chi connectivity index (χ2v) is 3.34. The smallest absolute Gasteiger partial charge is 0.328 e. The number of rotatable bonds is 4. The number of alkyl halides is 2. The summed E-state index contributed by atoms with van der Waals surface area (Å²) in [6.07, 6.45) is -3.17. The minimum atomic E-state index is -3.17. The molecule has 0 saturated heterocycles. The van der Waals surface area contributed by atoms with Crippen LogP contribution in [0.1, 0.15) is 30.8 Å². The van der Waals surface area contributed by atoms with Crippen LogP contribution < -0.4 is 0 Å². The second-order valence-electron chi connectivity index (χ2n) is 3.34. The van der Waals surface area contributed by atoms with Crippen LogP contribution in [0.25, 0.3) is 0 Å². The zero-order valence-corrected chi connectivity index (χ0v) is 8.92. The topological polar surface area (TPSA) is 98.3 Å². The molecule has 0 aromatic carbocycles. The van der Waals surface area contributed by atoms with Gasteiger partial charge in [-0.15, -0.1) is 0 Å². The Hall–Kier alpha value is -2.06. The maximum atomic E-state index is 12.7. The van der Waals surface area contributed by atoms with Crippen LogP contribution in [-0.4, -0.2) is 25.8 Å². The van der Waals surface area contributed by atoms with Crippen molar-refractivity contribution in [2.75, 3.05) is 0 Å². The van der Waals surface area contributed by atoms with Crippen molar-refractivity contribution in [1.82, 2.24) is 9.78 Å². The summed E-state index contributed by atoms with van der Waals surface area (Å²) in [5.74, 6) is -1.40. The Kier molecular flexibility index (Phi) is 3.39. The Morgan fingerprint density at radius 2 is 2.12 bits per heavy atom. The molecule has 1 atom stereocenters. The summed E-state index contributed by atoms with van der Waals surface area (Å²) in [6, 6.07) is -1.40. The first kappa shape index (κ1) is 13.0. The fraction of sp³-hybridized carbons (Fsp3) is 0.500. The van der Waals surface area contributed by atoms with Crippen LogP contribution in [0.15, 0.2) is 0 Å². The van der Waals surface area contributed by atoms with Gasteiger partial charge in [0.2, 0.25) is 0 Å². The summed E-state index contributed by atoms with van der Waals surface area (Å²) < 4.78 is 25.9. The van der Waals surface area contributed by atoms with E-state index in [0.29, 0.717) is 4.68 Å². The van der Waals surface area contributed by atoms with Crippen LogP contribution in [0, 0.1) is 17.0 Å². The maximum absolute atomic E-state index is 12.7. The van der Waals surface area contributed by atoms with Crippen LogP contribution in [0.4, 0.5) is 14.5 Å². The van der Waals surface area contributed by atoms with Gasteiger partial charge in [0.1, 0.15) is 11.7 Å². The van der Waals surface area contributed by atoms with Crippen molar-refractivity contribution in [3.05, 3.63) is 21.5 Å². The minimum Gasteiger partial charge on any atom is -0.480 e. The molecule has 17 heavy (non-hydrogen) atoms. The number of aliphatic carboxylic acids is 1. The molecule has 0 spiro atoms. The van der Waals surface area contributed by atoms with E-state index >= 15 is 0 Å². The minimum absolute atomic E-state index is 0.238. The predicted molar refractivity (Wildman–Crippen MR) is 50.9 cm³/mol. The lowest BCUT2D eigenvalue weighted by Gasteiger charge is -2.09. The monoisotopic (exact) mass is 249 g/mol. The van der Waals surface area contributed by atoms with Gasteiger partial charge in [-0.2, -0.15) is 5.10 Å². The average Bonchev–Trinajstić information content (AvgIpc) is 2.54.